The van der Waals surface area contributed by atoms with Gasteiger partial charge in [-0.2, -0.15) is 4.39 Å². The van der Waals surface area contributed by atoms with E-state index in [1.807, 2.05) is 60.7 Å². The van der Waals surface area contributed by atoms with Crippen LogP contribution in [0, 0.1) is 5.82 Å². The van der Waals surface area contributed by atoms with Gasteiger partial charge in [-0.25, -0.2) is 4.39 Å². The van der Waals surface area contributed by atoms with Gasteiger partial charge in [-0.3, -0.25) is 0 Å². The first-order valence-electron chi connectivity index (χ1n) is 7.18. The molecule has 0 bridgehead atoms. The maximum Gasteiger partial charge on any atom is 0.169 e. The second-order valence-corrected chi connectivity index (χ2v) is 5.97. The summed E-state index contributed by atoms with van der Waals surface area (Å²) in [6.07, 6.45) is 0. The van der Waals surface area contributed by atoms with Crippen molar-refractivity contribution >= 4 is 17.3 Å². The van der Waals surface area contributed by atoms with E-state index in [0.29, 0.717) is 10.5 Å². The Hall–Kier alpha value is -2.39. The van der Waals surface area contributed by atoms with Crippen LogP contribution < -0.4 is 0 Å². The van der Waals surface area contributed by atoms with Crippen molar-refractivity contribution in [2.45, 2.75) is 4.90 Å². The Morgan fingerprint density at radius 3 is 1.61 bits per heavy atom. The van der Waals surface area contributed by atoms with Crippen LogP contribution >= 0.6 is 11.8 Å². The molecule has 0 heterocycles. The molecule has 0 saturated carbocycles. The summed E-state index contributed by atoms with van der Waals surface area (Å²) in [4.78, 5) is 0.660. The van der Waals surface area contributed by atoms with Crippen molar-refractivity contribution in [2.75, 3.05) is 0 Å². The summed E-state index contributed by atoms with van der Waals surface area (Å²) in [5.41, 5.74) is 2.16. The van der Waals surface area contributed by atoms with Crippen LogP contribution in [0.15, 0.2) is 95.0 Å². The Kier molecular flexibility index (Phi) is 4.89. The Morgan fingerprint density at radius 2 is 1.13 bits per heavy atom. The molecule has 3 rings (SSSR count). The average Bonchev–Trinajstić information content (AvgIpc) is 2.59. The molecule has 0 unspecified atom stereocenters. The molecule has 3 aromatic rings. The molecule has 0 aliphatic heterocycles. The summed E-state index contributed by atoms with van der Waals surface area (Å²) in [6.45, 7) is 0. The third-order valence-electron chi connectivity index (χ3n) is 3.34. The van der Waals surface area contributed by atoms with Gasteiger partial charge in [0, 0.05) is 10.5 Å². The number of hydrogen-bond donors (Lipinski definition) is 0. The van der Waals surface area contributed by atoms with Crippen molar-refractivity contribution in [3.05, 3.63) is 107 Å². The fourth-order valence-electron chi connectivity index (χ4n) is 2.26. The Balaban J connectivity index is 2.04. The minimum absolute atomic E-state index is 0.311. The quantitative estimate of drug-likeness (QED) is 0.507. The highest BCUT2D eigenvalue weighted by Crippen LogP contribution is 2.37. The fourth-order valence-corrected chi connectivity index (χ4v) is 3.08. The molecular formula is C20H14F2S. The van der Waals surface area contributed by atoms with Gasteiger partial charge >= 0.3 is 0 Å². The van der Waals surface area contributed by atoms with Crippen molar-refractivity contribution in [2.24, 2.45) is 0 Å². The Bertz CT molecular complexity index is 753. The van der Waals surface area contributed by atoms with E-state index in [0.717, 1.165) is 22.9 Å². The lowest BCUT2D eigenvalue weighted by molar-refractivity contribution is 0.626. The summed E-state index contributed by atoms with van der Waals surface area (Å²) in [5.74, 6) is -0.329. The second kappa shape index (κ2) is 7.25. The minimum Gasteiger partial charge on any atom is -0.207 e. The summed E-state index contributed by atoms with van der Waals surface area (Å²) in [6, 6.07) is 24.7. The molecule has 0 amide bonds. The molecule has 0 radical (unpaired) electrons. The van der Waals surface area contributed by atoms with E-state index < -0.39 is 0 Å². The first-order chi connectivity index (χ1) is 11.2. The van der Waals surface area contributed by atoms with Crippen molar-refractivity contribution in [1.29, 1.82) is 0 Å². The van der Waals surface area contributed by atoms with E-state index >= 15 is 0 Å². The lowest BCUT2D eigenvalue weighted by Crippen LogP contribution is -1.90. The Labute approximate surface area is 138 Å². The highest BCUT2D eigenvalue weighted by Gasteiger charge is 2.13. The molecule has 0 aliphatic carbocycles. The van der Waals surface area contributed by atoms with E-state index in [1.165, 1.54) is 12.1 Å². The van der Waals surface area contributed by atoms with E-state index in [4.69, 9.17) is 0 Å². The van der Waals surface area contributed by atoms with Crippen molar-refractivity contribution in [1.82, 2.24) is 0 Å². The predicted molar refractivity (Wildman–Crippen MR) is 92.3 cm³/mol. The molecular weight excluding hydrogens is 310 g/mol. The molecule has 114 valence electrons. The summed E-state index contributed by atoms with van der Waals surface area (Å²) >= 11 is 0.996. The highest BCUT2D eigenvalue weighted by atomic mass is 32.2. The normalized spacial score (nSPS) is 10.3. The first kappa shape index (κ1) is 15.5. The molecule has 0 aliphatic rings. The van der Waals surface area contributed by atoms with Crippen molar-refractivity contribution < 1.29 is 8.78 Å². The largest absolute Gasteiger partial charge is 0.207 e. The first-order valence-corrected chi connectivity index (χ1v) is 8.00. The van der Waals surface area contributed by atoms with Gasteiger partial charge in [0.05, 0.1) is 0 Å². The molecule has 0 atom stereocenters. The zero-order chi connectivity index (χ0) is 16.1. The smallest absolute Gasteiger partial charge is 0.169 e. The van der Waals surface area contributed by atoms with Gasteiger partial charge in [0.1, 0.15) is 5.82 Å². The number of rotatable bonds is 4. The summed E-state index contributed by atoms with van der Waals surface area (Å²) < 4.78 is 28.0. The molecule has 0 saturated heterocycles. The molecule has 0 nitrogen and oxygen atoms in total. The molecule has 3 heteroatoms. The van der Waals surface area contributed by atoms with Crippen LogP contribution in [-0.4, -0.2) is 0 Å². The van der Waals surface area contributed by atoms with Gasteiger partial charge < -0.3 is 0 Å². The maximum absolute atomic E-state index is 15.0. The standard InChI is InChI=1S/C20H14F2S/c21-17-11-13-18(14-12-17)23-20(22)19(15-7-3-1-4-8-15)16-9-5-2-6-10-16/h1-14H. The lowest BCUT2D eigenvalue weighted by atomic mass is 9.99. The van der Waals surface area contributed by atoms with E-state index in [1.54, 1.807) is 12.1 Å². The van der Waals surface area contributed by atoms with E-state index in [-0.39, 0.29) is 11.0 Å². The van der Waals surface area contributed by atoms with E-state index in [9.17, 15) is 8.78 Å². The van der Waals surface area contributed by atoms with Gasteiger partial charge in [-0.15, -0.1) is 0 Å². The Morgan fingerprint density at radius 1 is 0.652 bits per heavy atom. The average molecular weight is 324 g/mol. The van der Waals surface area contributed by atoms with Crippen LogP contribution in [0.4, 0.5) is 8.78 Å². The molecule has 3 aromatic carbocycles. The molecule has 0 spiro atoms. The molecule has 23 heavy (non-hydrogen) atoms. The number of halogens is 2. The SMILES string of the molecule is FC(Sc1ccc(F)cc1)=C(c1ccccc1)c1ccccc1. The van der Waals surface area contributed by atoms with Crippen LogP contribution in [0.3, 0.4) is 0 Å². The molecule has 0 aromatic heterocycles. The number of hydrogen-bond acceptors (Lipinski definition) is 1. The van der Waals surface area contributed by atoms with Gasteiger partial charge in [0.25, 0.3) is 0 Å². The van der Waals surface area contributed by atoms with Crippen LogP contribution in [0.1, 0.15) is 11.1 Å². The second-order valence-electron chi connectivity index (χ2n) is 4.94. The van der Waals surface area contributed by atoms with Crippen molar-refractivity contribution in [3.8, 4) is 0 Å². The summed E-state index contributed by atoms with van der Waals surface area (Å²) in [5, 5.41) is -0.311. The van der Waals surface area contributed by atoms with E-state index in [2.05, 4.69) is 0 Å². The van der Waals surface area contributed by atoms with Crippen molar-refractivity contribution in [3.63, 3.8) is 0 Å². The van der Waals surface area contributed by atoms with Crippen LogP contribution in [0.25, 0.3) is 5.57 Å². The minimum atomic E-state index is -0.329. The third-order valence-corrected chi connectivity index (χ3v) is 4.23. The van der Waals surface area contributed by atoms with Crippen LogP contribution in [0.5, 0.6) is 0 Å². The molecule has 0 fully saturated rings. The summed E-state index contributed by atoms with van der Waals surface area (Å²) in [7, 11) is 0. The van der Waals surface area contributed by atoms with Gasteiger partial charge in [-0.1, -0.05) is 72.4 Å². The zero-order valence-corrected chi connectivity index (χ0v) is 13.1. The van der Waals surface area contributed by atoms with Gasteiger partial charge in [-0.05, 0) is 35.4 Å². The third kappa shape index (κ3) is 3.88. The van der Waals surface area contributed by atoms with Crippen LogP contribution in [0.2, 0.25) is 0 Å². The monoisotopic (exact) mass is 324 g/mol. The molecule has 0 N–H and O–H groups in total. The number of thioether (sulfide) groups is 1. The zero-order valence-electron chi connectivity index (χ0n) is 12.2. The predicted octanol–water partition coefficient (Wildman–Crippen LogP) is 6.30. The fraction of sp³-hybridized carbons (Fsp3) is 0. The van der Waals surface area contributed by atoms with Crippen LogP contribution in [-0.2, 0) is 0 Å². The maximum atomic E-state index is 15.0. The number of benzene rings is 3. The van der Waals surface area contributed by atoms with Gasteiger partial charge in [0.15, 0.2) is 5.16 Å². The highest BCUT2D eigenvalue weighted by molar-refractivity contribution is 8.03. The van der Waals surface area contributed by atoms with Gasteiger partial charge in [0.2, 0.25) is 0 Å². The lowest BCUT2D eigenvalue weighted by Gasteiger charge is -2.10. The topological polar surface area (TPSA) is 0 Å².